The van der Waals surface area contributed by atoms with Gasteiger partial charge in [0.1, 0.15) is 0 Å². The molecule has 0 spiro atoms. The van der Waals surface area contributed by atoms with E-state index in [1.165, 1.54) is 0 Å². The summed E-state index contributed by atoms with van der Waals surface area (Å²) in [6.45, 7) is 1.83. The fraction of sp³-hybridized carbons (Fsp3) is 1.00. The van der Waals surface area contributed by atoms with E-state index in [1.807, 2.05) is 0 Å². The first-order chi connectivity index (χ1) is 5.84. The minimum atomic E-state index is -0.164. The van der Waals surface area contributed by atoms with Gasteiger partial charge in [-0.05, 0) is 12.8 Å². The molecule has 0 radical (unpaired) electrons. The van der Waals surface area contributed by atoms with Gasteiger partial charge in [-0.3, -0.25) is 0 Å². The minimum Gasteiger partial charge on any atom is -0.394 e. The predicted molar refractivity (Wildman–Crippen MR) is 44.9 cm³/mol. The lowest BCUT2D eigenvalue weighted by atomic mass is 9.89. The fourth-order valence-electron chi connectivity index (χ4n) is 1.20. The van der Waals surface area contributed by atoms with Crippen LogP contribution in [-0.4, -0.2) is 48.7 Å². The quantitative estimate of drug-likeness (QED) is 0.458. The van der Waals surface area contributed by atoms with Gasteiger partial charge in [-0.25, -0.2) is 0 Å². The van der Waals surface area contributed by atoms with Gasteiger partial charge in [-0.15, -0.1) is 0 Å². The van der Waals surface area contributed by atoms with Gasteiger partial charge in [0.15, 0.2) is 0 Å². The standard InChI is InChI=1S/C8H17NO3/c10-4-6-12-5-3-9-7-1-2-8(7)11/h7-11H,1-6H2/t7-,8-/m1/s1. The second-order valence-electron chi connectivity index (χ2n) is 3.04. The molecule has 0 heterocycles. The molecule has 2 atom stereocenters. The van der Waals surface area contributed by atoms with Gasteiger partial charge in [0.25, 0.3) is 0 Å². The van der Waals surface area contributed by atoms with Crippen molar-refractivity contribution in [3.63, 3.8) is 0 Å². The van der Waals surface area contributed by atoms with E-state index in [4.69, 9.17) is 14.9 Å². The van der Waals surface area contributed by atoms with Crippen molar-refractivity contribution in [2.75, 3.05) is 26.4 Å². The maximum absolute atomic E-state index is 9.17. The molecule has 1 aliphatic carbocycles. The summed E-state index contributed by atoms with van der Waals surface area (Å²) in [7, 11) is 0. The zero-order chi connectivity index (χ0) is 8.81. The van der Waals surface area contributed by atoms with E-state index < -0.39 is 0 Å². The van der Waals surface area contributed by atoms with Crippen LogP contribution < -0.4 is 5.32 Å². The maximum Gasteiger partial charge on any atom is 0.0698 e. The molecule has 4 heteroatoms. The lowest BCUT2D eigenvalue weighted by molar-refractivity contribution is 0.0407. The monoisotopic (exact) mass is 175 g/mol. The molecule has 1 rings (SSSR count). The fourth-order valence-corrected chi connectivity index (χ4v) is 1.20. The van der Waals surface area contributed by atoms with Gasteiger partial charge in [-0.2, -0.15) is 0 Å². The van der Waals surface area contributed by atoms with Crippen LogP contribution in [0.5, 0.6) is 0 Å². The highest BCUT2D eigenvalue weighted by Gasteiger charge is 2.27. The lowest BCUT2D eigenvalue weighted by Crippen LogP contribution is -2.48. The van der Waals surface area contributed by atoms with E-state index >= 15 is 0 Å². The Kier molecular flexibility index (Phi) is 4.53. The Morgan fingerprint density at radius 1 is 1.33 bits per heavy atom. The van der Waals surface area contributed by atoms with Gasteiger partial charge >= 0.3 is 0 Å². The zero-order valence-electron chi connectivity index (χ0n) is 7.20. The number of hydrogen-bond acceptors (Lipinski definition) is 4. The molecule has 0 aromatic heterocycles. The van der Waals surface area contributed by atoms with Crippen LogP contribution in [0.2, 0.25) is 0 Å². The lowest BCUT2D eigenvalue weighted by Gasteiger charge is -2.33. The van der Waals surface area contributed by atoms with Gasteiger partial charge in [-0.1, -0.05) is 0 Å². The van der Waals surface area contributed by atoms with E-state index in [1.54, 1.807) is 0 Å². The van der Waals surface area contributed by atoms with Gasteiger partial charge in [0.05, 0.1) is 25.9 Å². The number of nitrogens with one attached hydrogen (secondary N) is 1. The first kappa shape index (κ1) is 9.92. The second-order valence-corrected chi connectivity index (χ2v) is 3.04. The third kappa shape index (κ3) is 3.06. The summed E-state index contributed by atoms with van der Waals surface area (Å²) in [6.07, 6.45) is 1.80. The second kappa shape index (κ2) is 5.48. The number of ether oxygens (including phenoxy) is 1. The number of hydrogen-bond donors (Lipinski definition) is 3. The van der Waals surface area contributed by atoms with Crippen molar-refractivity contribution in [3.05, 3.63) is 0 Å². The van der Waals surface area contributed by atoms with Crippen LogP contribution in [0.25, 0.3) is 0 Å². The van der Waals surface area contributed by atoms with Crippen molar-refractivity contribution in [3.8, 4) is 0 Å². The highest BCUT2D eigenvalue weighted by atomic mass is 16.5. The Morgan fingerprint density at radius 2 is 2.17 bits per heavy atom. The Morgan fingerprint density at radius 3 is 2.67 bits per heavy atom. The summed E-state index contributed by atoms with van der Waals surface area (Å²) in [6, 6.07) is 0.266. The first-order valence-electron chi connectivity index (χ1n) is 4.44. The Balaban J connectivity index is 1.82. The van der Waals surface area contributed by atoms with Gasteiger partial charge in [0.2, 0.25) is 0 Å². The van der Waals surface area contributed by atoms with E-state index in [9.17, 15) is 0 Å². The zero-order valence-corrected chi connectivity index (χ0v) is 7.20. The van der Waals surface area contributed by atoms with Crippen LogP contribution in [0.4, 0.5) is 0 Å². The van der Waals surface area contributed by atoms with Crippen molar-refractivity contribution in [2.24, 2.45) is 0 Å². The van der Waals surface area contributed by atoms with E-state index in [-0.39, 0.29) is 18.8 Å². The van der Waals surface area contributed by atoms with E-state index in [0.717, 1.165) is 19.4 Å². The molecule has 12 heavy (non-hydrogen) atoms. The molecule has 72 valence electrons. The van der Waals surface area contributed by atoms with Crippen LogP contribution in [0.15, 0.2) is 0 Å². The molecule has 1 fully saturated rings. The molecule has 1 saturated carbocycles. The molecular weight excluding hydrogens is 158 g/mol. The Bertz CT molecular complexity index is 121. The smallest absolute Gasteiger partial charge is 0.0698 e. The summed E-state index contributed by atoms with van der Waals surface area (Å²) < 4.78 is 5.04. The summed E-state index contributed by atoms with van der Waals surface area (Å²) >= 11 is 0. The average Bonchev–Trinajstić information content (AvgIpc) is 2.08. The van der Waals surface area contributed by atoms with Crippen LogP contribution in [0.1, 0.15) is 12.8 Å². The molecule has 4 nitrogen and oxygen atoms in total. The van der Waals surface area contributed by atoms with E-state index in [0.29, 0.717) is 13.2 Å². The van der Waals surface area contributed by atoms with E-state index in [2.05, 4.69) is 5.32 Å². The van der Waals surface area contributed by atoms with Gasteiger partial charge in [0, 0.05) is 12.6 Å². The van der Waals surface area contributed by atoms with Crippen molar-refractivity contribution >= 4 is 0 Å². The van der Waals surface area contributed by atoms with Crippen LogP contribution in [0, 0.1) is 0 Å². The van der Waals surface area contributed by atoms with Crippen LogP contribution in [0.3, 0.4) is 0 Å². The average molecular weight is 175 g/mol. The maximum atomic E-state index is 9.17. The molecule has 0 bridgehead atoms. The first-order valence-corrected chi connectivity index (χ1v) is 4.44. The largest absolute Gasteiger partial charge is 0.394 e. The van der Waals surface area contributed by atoms with Gasteiger partial charge < -0.3 is 20.3 Å². The molecule has 0 unspecified atom stereocenters. The molecule has 1 aliphatic rings. The SMILES string of the molecule is OCCOCCN[C@@H]1CC[C@H]1O. The highest BCUT2D eigenvalue weighted by molar-refractivity contribution is 4.85. The molecule has 0 amide bonds. The minimum absolute atomic E-state index is 0.0754. The molecule has 0 saturated heterocycles. The van der Waals surface area contributed by atoms with Crippen LogP contribution >= 0.6 is 0 Å². The van der Waals surface area contributed by atoms with Crippen molar-refractivity contribution < 1.29 is 14.9 Å². The molecular formula is C8H17NO3. The molecule has 0 aromatic rings. The topological polar surface area (TPSA) is 61.7 Å². The normalized spacial score (nSPS) is 28.5. The third-order valence-corrected chi connectivity index (χ3v) is 2.13. The van der Waals surface area contributed by atoms with Crippen molar-refractivity contribution in [2.45, 2.75) is 25.0 Å². The predicted octanol–water partition coefficient (Wildman–Crippen LogP) is -0.892. The summed E-state index contributed by atoms with van der Waals surface area (Å²) in [5.41, 5.74) is 0. The van der Waals surface area contributed by atoms with Crippen LogP contribution in [-0.2, 0) is 4.74 Å². The molecule has 0 aliphatic heterocycles. The molecule has 0 aromatic carbocycles. The molecule has 3 N–H and O–H groups in total. The summed E-state index contributed by atoms with van der Waals surface area (Å²) in [4.78, 5) is 0. The van der Waals surface area contributed by atoms with Crippen molar-refractivity contribution in [1.82, 2.24) is 5.32 Å². The summed E-state index contributed by atoms with van der Waals surface area (Å²) in [5, 5.41) is 20.7. The third-order valence-electron chi connectivity index (χ3n) is 2.13. The number of rotatable bonds is 6. The Hall–Kier alpha value is -0.160. The highest BCUT2D eigenvalue weighted by Crippen LogP contribution is 2.18. The number of aliphatic hydroxyl groups is 2. The summed E-state index contributed by atoms with van der Waals surface area (Å²) in [5.74, 6) is 0. The Labute approximate surface area is 72.5 Å². The number of aliphatic hydroxyl groups excluding tert-OH is 2. The van der Waals surface area contributed by atoms with Crippen molar-refractivity contribution in [1.29, 1.82) is 0 Å².